The summed E-state index contributed by atoms with van der Waals surface area (Å²) in [5, 5.41) is 3.52. The molecule has 2 saturated carbocycles. The summed E-state index contributed by atoms with van der Waals surface area (Å²) in [6, 6.07) is 0.847. The van der Waals surface area contributed by atoms with Crippen LogP contribution in [0.4, 0.5) is 0 Å². The van der Waals surface area contributed by atoms with Crippen molar-refractivity contribution in [1.82, 2.24) is 5.32 Å². The summed E-state index contributed by atoms with van der Waals surface area (Å²) < 4.78 is 5.92. The molecule has 2 fully saturated rings. The molecule has 1 N–H and O–H groups in total. The third kappa shape index (κ3) is 4.52. The molecule has 0 radical (unpaired) electrons. The van der Waals surface area contributed by atoms with E-state index in [0.29, 0.717) is 6.10 Å². The monoisotopic (exact) mass is 211 g/mol. The third-order valence-electron chi connectivity index (χ3n) is 3.57. The summed E-state index contributed by atoms with van der Waals surface area (Å²) in [4.78, 5) is 0. The number of ether oxygens (including phenoxy) is 1. The van der Waals surface area contributed by atoms with E-state index in [4.69, 9.17) is 4.74 Å². The van der Waals surface area contributed by atoms with Gasteiger partial charge in [-0.25, -0.2) is 0 Å². The summed E-state index contributed by atoms with van der Waals surface area (Å²) >= 11 is 0. The first-order valence-corrected chi connectivity index (χ1v) is 6.69. The molecule has 88 valence electrons. The Morgan fingerprint density at radius 3 is 2.80 bits per heavy atom. The number of rotatable bonds is 6. The average Bonchev–Trinajstić information content (AvgIpc) is 3.01. The minimum atomic E-state index is 0.565. The van der Waals surface area contributed by atoms with Crippen LogP contribution in [0.15, 0.2) is 0 Å². The Balaban J connectivity index is 1.45. The number of hydrogen-bond acceptors (Lipinski definition) is 2. The summed E-state index contributed by atoms with van der Waals surface area (Å²) in [5.41, 5.74) is 0. The highest BCUT2D eigenvalue weighted by Crippen LogP contribution is 2.25. The fourth-order valence-electron chi connectivity index (χ4n) is 2.45. The second-order valence-electron chi connectivity index (χ2n) is 5.35. The topological polar surface area (TPSA) is 21.3 Å². The van der Waals surface area contributed by atoms with Gasteiger partial charge in [-0.05, 0) is 44.6 Å². The van der Waals surface area contributed by atoms with Crippen molar-refractivity contribution in [3.8, 4) is 0 Å². The maximum atomic E-state index is 5.92. The van der Waals surface area contributed by atoms with Gasteiger partial charge in [-0.3, -0.25) is 0 Å². The van der Waals surface area contributed by atoms with Crippen molar-refractivity contribution < 1.29 is 4.74 Å². The second kappa shape index (κ2) is 5.86. The van der Waals surface area contributed by atoms with E-state index in [1.54, 1.807) is 0 Å². The van der Waals surface area contributed by atoms with E-state index in [2.05, 4.69) is 12.2 Å². The molecule has 2 unspecified atom stereocenters. The predicted molar refractivity (Wildman–Crippen MR) is 63.0 cm³/mol. The lowest BCUT2D eigenvalue weighted by atomic mass is 9.89. The molecule has 0 heterocycles. The lowest BCUT2D eigenvalue weighted by Crippen LogP contribution is -2.24. The van der Waals surface area contributed by atoms with Crippen LogP contribution in [0.1, 0.15) is 51.9 Å². The quantitative estimate of drug-likeness (QED) is 0.682. The van der Waals surface area contributed by atoms with Crippen LogP contribution in [0.25, 0.3) is 0 Å². The van der Waals surface area contributed by atoms with Crippen molar-refractivity contribution in [2.24, 2.45) is 5.92 Å². The zero-order valence-corrected chi connectivity index (χ0v) is 10.0. The van der Waals surface area contributed by atoms with E-state index in [1.165, 1.54) is 44.9 Å². The van der Waals surface area contributed by atoms with Crippen molar-refractivity contribution in [1.29, 1.82) is 0 Å². The molecule has 0 aromatic carbocycles. The molecule has 2 aliphatic rings. The van der Waals surface area contributed by atoms with Crippen LogP contribution in [0, 0.1) is 5.92 Å². The molecule has 2 atom stereocenters. The van der Waals surface area contributed by atoms with E-state index >= 15 is 0 Å². The molecule has 0 spiro atoms. The molecule has 2 nitrogen and oxygen atoms in total. The molecule has 2 rings (SSSR count). The Hall–Kier alpha value is -0.0800. The minimum absolute atomic E-state index is 0.565. The molecular weight excluding hydrogens is 186 g/mol. The van der Waals surface area contributed by atoms with Gasteiger partial charge in [-0.2, -0.15) is 0 Å². The first-order valence-electron chi connectivity index (χ1n) is 6.69. The molecule has 0 bridgehead atoms. The third-order valence-corrected chi connectivity index (χ3v) is 3.57. The zero-order chi connectivity index (χ0) is 10.5. The van der Waals surface area contributed by atoms with E-state index in [1.807, 2.05) is 0 Å². The fraction of sp³-hybridized carbons (Fsp3) is 1.00. The lowest BCUT2D eigenvalue weighted by molar-refractivity contribution is 0.0146. The van der Waals surface area contributed by atoms with Crippen molar-refractivity contribution in [2.45, 2.75) is 64.0 Å². The summed E-state index contributed by atoms with van der Waals surface area (Å²) in [6.45, 7) is 4.45. The highest BCUT2D eigenvalue weighted by atomic mass is 16.5. The van der Waals surface area contributed by atoms with Gasteiger partial charge in [0.25, 0.3) is 0 Å². The highest BCUT2D eigenvalue weighted by molar-refractivity contribution is 4.80. The van der Waals surface area contributed by atoms with Crippen LogP contribution in [-0.2, 0) is 4.74 Å². The van der Waals surface area contributed by atoms with Gasteiger partial charge in [-0.15, -0.1) is 0 Å². The Bertz CT molecular complexity index is 179. The Morgan fingerprint density at radius 1 is 1.20 bits per heavy atom. The lowest BCUT2D eigenvalue weighted by Gasteiger charge is -2.26. The van der Waals surface area contributed by atoms with Gasteiger partial charge in [0.2, 0.25) is 0 Å². The summed E-state index contributed by atoms with van der Waals surface area (Å²) in [6.07, 6.45) is 9.88. The Morgan fingerprint density at radius 2 is 2.07 bits per heavy atom. The van der Waals surface area contributed by atoms with Crippen LogP contribution < -0.4 is 5.32 Å². The van der Waals surface area contributed by atoms with E-state index in [0.717, 1.165) is 25.1 Å². The average molecular weight is 211 g/mol. The molecule has 0 amide bonds. The van der Waals surface area contributed by atoms with Crippen molar-refractivity contribution in [2.75, 3.05) is 13.2 Å². The van der Waals surface area contributed by atoms with Crippen LogP contribution in [0.3, 0.4) is 0 Å². The maximum absolute atomic E-state index is 5.92. The van der Waals surface area contributed by atoms with Crippen LogP contribution >= 0.6 is 0 Å². The molecular formula is C13H25NO. The van der Waals surface area contributed by atoms with Gasteiger partial charge in [-0.1, -0.05) is 19.8 Å². The molecule has 15 heavy (non-hydrogen) atoms. The molecule has 0 aromatic heterocycles. The largest absolute Gasteiger partial charge is 0.378 e. The smallest absolute Gasteiger partial charge is 0.0577 e. The molecule has 0 saturated heterocycles. The van der Waals surface area contributed by atoms with Gasteiger partial charge in [0, 0.05) is 12.6 Å². The van der Waals surface area contributed by atoms with Crippen LogP contribution in [0.5, 0.6) is 0 Å². The first-order chi connectivity index (χ1) is 7.34. The predicted octanol–water partition coefficient (Wildman–Crippen LogP) is 2.72. The normalized spacial score (nSPS) is 31.8. The van der Waals surface area contributed by atoms with Gasteiger partial charge in [0.15, 0.2) is 0 Å². The standard InChI is InChI=1S/C13H25NO/c1-11-4-2-5-13(10-11)15-9-3-8-14-12-6-7-12/h11-14H,2-10H2,1H3. The fourth-order valence-corrected chi connectivity index (χ4v) is 2.45. The van der Waals surface area contributed by atoms with E-state index < -0.39 is 0 Å². The molecule has 0 aromatic rings. The van der Waals surface area contributed by atoms with Crippen LogP contribution in [-0.4, -0.2) is 25.3 Å². The van der Waals surface area contributed by atoms with Gasteiger partial charge < -0.3 is 10.1 Å². The number of nitrogens with one attached hydrogen (secondary N) is 1. The Labute approximate surface area is 93.8 Å². The van der Waals surface area contributed by atoms with Gasteiger partial charge in [0.1, 0.15) is 0 Å². The van der Waals surface area contributed by atoms with Gasteiger partial charge in [0.05, 0.1) is 6.10 Å². The maximum Gasteiger partial charge on any atom is 0.0577 e. The van der Waals surface area contributed by atoms with E-state index in [9.17, 15) is 0 Å². The molecule has 2 aliphatic carbocycles. The highest BCUT2D eigenvalue weighted by Gasteiger charge is 2.20. The number of hydrogen-bond donors (Lipinski definition) is 1. The van der Waals surface area contributed by atoms with Crippen molar-refractivity contribution in [3.05, 3.63) is 0 Å². The molecule has 2 heteroatoms. The van der Waals surface area contributed by atoms with Gasteiger partial charge >= 0.3 is 0 Å². The summed E-state index contributed by atoms with van der Waals surface area (Å²) in [5.74, 6) is 0.883. The summed E-state index contributed by atoms with van der Waals surface area (Å²) in [7, 11) is 0. The van der Waals surface area contributed by atoms with Crippen molar-refractivity contribution in [3.63, 3.8) is 0 Å². The van der Waals surface area contributed by atoms with Crippen LogP contribution in [0.2, 0.25) is 0 Å². The first kappa shape index (κ1) is 11.4. The Kier molecular flexibility index (Phi) is 4.45. The zero-order valence-electron chi connectivity index (χ0n) is 10.0. The van der Waals surface area contributed by atoms with Crippen molar-refractivity contribution >= 4 is 0 Å². The van der Waals surface area contributed by atoms with E-state index in [-0.39, 0.29) is 0 Å². The minimum Gasteiger partial charge on any atom is -0.378 e. The SMILES string of the molecule is CC1CCCC(OCCCNC2CC2)C1. The molecule has 0 aliphatic heterocycles. The second-order valence-corrected chi connectivity index (χ2v) is 5.35.